The second-order valence-corrected chi connectivity index (χ2v) is 4.71. The molecule has 0 spiro atoms. The Balaban J connectivity index is 1.95. The quantitative estimate of drug-likeness (QED) is 0.680. The average molecular weight is 262 g/mol. The second kappa shape index (κ2) is 5.21. The maximum atomic E-state index is 12.2. The highest BCUT2D eigenvalue weighted by Gasteiger charge is 2.11. The Bertz CT molecular complexity index is 766. The third-order valence-corrected chi connectivity index (χ3v) is 3.27. The number of rotatable bonds is 3. The molecule has 2 aromatic carbocycles. The van der Waals surface area contributed by atoms with Crippen molar-refractivity contribution in [3.63, 3.8) is 0 Å². The van der Waals surface area contributed by atoms with E-state index in [-0.39, 0.29) is 12.2 Å². The Morgan fingerprint density at radius 3 is 2.20 bits per heavy atom. The van der Waals surface area contributed by atoms with Gasteiger partial charge in [0.2, 0.25) is 0 Å². The van der Waals surface area contributed by atoms with E-state index in [1.165, 1.54) is 0 Å². The van der Waals surface area contributed by atoms with Crippen molar-refractivity contribution in [2.24, 2.45) is 0 Å². The first-order chi connectivity index (χ1) is 9.74. The molecule has 0 radical (unpaired) electrons. The third-order valence-electron chi connectivity index (χ3n) is 3.27. The van der Waals surface area contributed by atoms with E-state index in [1.54, 1.807) is 0 Å². The summed E-state index contributed by atoms with van der Waals surface area (Å²) in [6.45, 7) is 1.90. The first-order valence-corrected chi connectivity index (χ1v) is 6.54. The normalized spacial score (nSPS) is 10.7. The molecule has 1 aromatic heterocycles. The van der Waals surface area contributed by atoms with Gasteiger partial charge in [-0.05, 0) is 19.1 Å². The highest BCUT2D eigenvalue weighted by molar-refractivity contribution is 5.97. The first-order valence-electron chi connectivity index (χ1n) is 6.54. The lowest BCUT2D eigenvalue weighted by molar-refractivity contribution is 0.0991. The Labute approximate surface area is 117 Å². The largest absolute Gasteiger partial charge is 0.294 e. The molecule has 0 saturated heterocycles. The van der Waals surface area contributed by atoms with E-state index in [4.69, 9.17) is 0 Å². The fraction of sp³-hybridized carbons (Fsp3) is 0.118. The highest BCUT2D eigenvalue weighted by Crippen LogP contribution is 2.14. The van der Waals surface area contributed by atoms with Crippen LogP contribution in [0.15, 0.2) is 54.6 Å². The molecule has 0 saturated carbocycles. The molecule has 0 atom stereocenters. The van der Waals surface area contributed by atoms with Crippen molar-refractivity contribution in [3.05, 3.63) is 71.5 Å². The van der Waals surface area contributed by atoms with Crippen LogP contribution in [0.25, 0.3) is 11.0 Å². The lowest BCUT2D eigenvalue weighted by atomic mass is 10.1. The monoisotopic (exact) mass is 262 g/mol. The number of para-hydroxylation sites is 2. The lowest BCUT2D eigenvalue weighted by Crippen LogP contribution is -2.08. The Kier molecular flexibility index (Phi) is 3.25. The summed E-state index contributed by atoms with van der Waals surface area (Å²) in [5, 5.41) is 0. The number of aryl methyl sites for hydroxylation is 1. The van der Waals surface area contributed by atoms with Crippen molar-refractivity contribution in [2.45, 2.75) is 13.3 Å². The maximum absolute atomic E-state index is 12.2. The van der Waals surface area contributed by atoms with Crippen molar-refractivity contribution in [3.8, 4) is 0 Å². The van der Waals surface area contributed by atoms with E-state index < -0.39 is 0 Å². The first kappa shape index (κ1) is 12.5. The number of aromatic nitrogens is 2. The molecule has 0 aliphatic heterocycles. The number of benzene rings is 2. The molecule has 3 nitrogen and oxygen atoms in total. The second-order valence-electron chi connectivity index (χ2n) is 4.71. The molecule has 3 rings (SSSR count). The van der Waals surface area contributed by atoms with Crippen molar-refractivity contribution in [2.75, 3.05) is 0 Å². The number of carbonyl (C=O) groups is 1. The van der Waals surface area contributed by atoms with Gasteiger partial charge in [0, 0.05) is 5.56 Å². The topological polar surface area (TPSA) is 42.9 Å². The minimum Gasteiger partial charge on any atom is -0.294 e. The molecular weight excluding hydrogens is 248 g/mol. The zero-order chi connectivity index (χ0) is 13.9. The maximum Gasteiger partial charge on any atom is 0.168 e. The van der Waals surface area contributed by atoms with Crippen LogP contribution in [-0.2, 0) is 6.42 Å². The van der Waals surface area contributed by atoms with Gasteiger partial charge in [0.25, 0.3) is 0 Å². The third kappa shape index (κ3) is 2.43. The number of hydrogen-bond donors (Lipinski definition) is 0. The van der Waals surface area contributed by atoms with Gasteiger partial charge in [-0.1, -0.05) is 42.5 Å². The summed E-state index contributed by atoms with van der Waals surface area (Å²) < 4.78 is 0. The van der Waals surface area contributed by atoms with Gasteiger partial charge >= 0.3 is 0 Å². The predicted octanol–water partition coefficient (Wildman–Crippen LogP) is 3.36. The summed E-state index contributed by atoms with van der Waals surface area (Å²) in [7, 11) is 0. The Morgan fingerprint density at radius 2 is 1.50 bits per heavy atom. The van der Waals surface area contributed by atoms with Gasteiger partial charge in [0.1, 0.15) is 0 Å². The van der Waals surface area contributed by atoms with E-state index in [0.29, 0.717) is 5.56 Å². The Morgan fingerprint density at radius 1 is 0.900 bits per heavy atom. The standard InChI is InChI=1S/C17H14N2O/c1-12-16(11-17(20)13-7-3-2-4-8-13)19-15-10-6-5-9-14(15)18-12/h2-10H,11H2,1H3. The molecule has 0 N–H and O–H groups in total. The number of nitrogens with zero attached hydrogens (tertiary/aromatic N) is 2. The minimum absolute atomic E-state index is 0.0679. The zero-order valence-electron chi connectivity index (χ0n) is 11.2. The van der Waals surface area contributed by atoms with E-state index in [0.717, 1.165) is 22.4 Å². The average Bonchev–Trinajstić information content (AvgIpc) is 2.49. The molecule has 0 fully saturated rings. The molecular formula is C17H14N2O. The van der Waals surface area contributed by atoms with Crippen LogP contribution < -0.4 is 0 Å². The molecule has 0 unspecified atom stereocenters. The molecule has 20 heavy (non-hydrogen) atoms. The fourth-order valence-electron chi connectivity index (χ4n) is 2.17. The van der Waals surface area contributed by atoms with Crippen molar-refractivity contribution < 1.29 is 4.79 Å². The van der Waals surface area contributed by atoms with Gasteiger partial charge in [-0.25, -0.2) is 9.97 Å². The molecule has 1 heterocycles. The molecule has 98 valence electrons. The van der Waals surface area contributed by atoms with Crippen LogP contribution in [0.4, 0.5) is 0 Å². The van der Waals surface area contributed by atoms with Crippen LogP contribution in [0.3, 0.4) is 0 Å². The molecule has 3 heteroatoms. The predicted molar refractivity (Wildman–Crippen MR) is 78.8 cm³/mol. The molecule has 0 aliphatic rings. The van der Waals surface area contributed by atoms with E-state index in [2.05, 4.69) is 9.97 Å². The van der Waals surface area contributed by atoms with Crippen LogP contribution in [0.2, 0.25) is 0 Å². The van der Waals surface area contributed by atoms with Crippen LogP contribution in [0.5, 0.6) is 0 Å². The fourth-order valence-corrected chi connectivity index (χ4v) is 2.17. The van der Waals surface area contributed by atoms with Gasteiger partial charge in [0.05, 0.1) is 28.8 Å². The van der Waals surface area contributed by atoms with Gasteiger partial charge in [0.15, 0.2) is 5.78 Å². The van der Waals surface area contributed by atoms with Crippen molar-refractivity contribution in [1.29, 1.82) is 0 Å². The van der Waals surface area contributed by atoms with E-state index in [1.807, 2.05) is 61.5 Å². The summed E-state index contributed by atoms with van der Waals surface area (Å²) in [5.74, 6) is 0.0679. The smallest absolute Gasteiger partial charge is 0.168 e. The van der Waals surface area contributed by atoms with Crippen LogP contribution in [0.1, 0.15) is 21.7 Å². The summed E-state index contributed by atoms with van der Waals surface area (Å²) in [5.41, 5.74) is 3.96. The SMILES string of the molecule is Cc1nc2ccccc2nc1CC(=O)c1ccccc1. The minimum atomic E-state index is 0.0679. The Hall–Kier alpha value is -2.55. The van der Waals surface area contributed by atoms with Crippen LogP contribution in [-0.4, -0.2) is 15.8 Å². The molecule has 0 aliphatic carbocycles. The molecule has 3 aromatic rings. The number of fused-ring (bicyclic) bond motifs is 1. The molecule has 0 bridgehead atoms. The number of carbonyl (C=O) groups excluding carboxylic acids is 1. The van der Waals surface area contributed by atoms with Gasteiger partial charge in [-0.2, -0.15) is 0 Å². The van der Waals surface area contributed by atoms with Gasteiger partial charge in [-0.15, -0.1) is 0 Å². The van der Waals surface area contributed by atoms with E-state index >= 15 is 0 Å². The van der Waals surface area contributed by atoms with Gasteiger partial charge < -0.3 is 0 Å². The number of hydrogen-bond acceptors (Lipinski definition) is 3. The number of Topliss-reactive ketones (excluding diaryl/α,β-unsaturated/α-hetero) is 1. The highest BCUT2D eigenvalue weighted by atomic mass is 16.1. The van der Waals surface area contributed by atoms with Crippen molar-refractivity contribution >= 4 is 16.8 Å². The van der Waals surface area contributed by atoms with Crippen LogP contribution >= 0.6 is 0 Å². The number of ketones is 1. The zero-order valence-corrected chi connectivity index (χ0v) is 11.2. The van der Waals surface area contributed by atoms with Gasteiger partial charge in [-0.3, -0.25) is 4.79 Å². The van der Waals surface area contributed by atoms with Crippen LogP contribution in [0, 0.1) is 6.92 Å². The lowest BCUT2D eigenvalue weighted by Gasteiger charge is -2.06. The van der Waals surface area contributed by atoms with E-state index in [9.17, 15) is 4.79 Å². The summed E-state index contributed by atoms with van der Waals surface area (Å²) >= 11 is 0. The van der Waals surface area contributed by atoms with Crippen molar-refractivity contribution in [1.82, 2.24) is 9.97 Å². The summed E-state index contributed by atoms with van der Waals surface area (Å²) in [6, 6.07) is 17.0. The molecule has 0 amide bonds. The summed E-state index contributed by atoms with van der Waals surface area (Å²) in [4.78, 5) is 21.3. The summed E-state index contributed by atoms with van der Waals surface area (Å²) in [6.07, 6.45) is 0.285.